The van der Waals surface area contributed by atoms with Gasteiger partial charge in [-0.2, -0.15) is 0 Å². The van der Waals surface area contributed by atoms with Crippen molar-refractivity contribution in [3.05, 3.63) is 41.7 Å². The van der Waals surface area contributed by atoms with Crippen LogP contribution in [0.3, 0.4) is 0 Å². The molecule has 110 valence electrons. The van der Waals surface area contributed by atoms with Crippen LogP contribution in [0.2, 0.25) is 0 Å². The Bertz CT molecular complexity index is 543. The van der Waals surface area contributed by atoms with E-state index in [9.17, 15) is 4.79 Å². The topological polar surface area (TPSA) is 35.5 Å². The predicted molar refractivity (Wildman–Crippen MR) is 88.6 cm³/mol. The van der Waals surface area contributed by atoms with Gasteiger partial charge in [-0.3, -0.25) is 0 Å². The van der Waals surface area contributed by atoms with Crippen molar-refractivity contribution in [2.75, 3.05) is 7.11 Å². The van der Waals surface area contributed by atoms with Gasteiger partial charge in [0.05, 0.1) is 13.2 Å². The summed E-state index contributed by atoms with van der Waals surface area (Å²) in [5.74, 6) is -0.0383. The number of esters is 1. The lowest BCUT2D eigenvalue weighted by atomic mass is 10.2. The zero-order chi connectivity index (χ0) is 15.2. The molecule has 0 aromatic heterocycles. The molecule has 0 saturated heterocycles. The second-order valence-corrected chi connectivity index (χ2v) is 12.6. The maximum atomic E-state index is 11.2. The van der Waals surface area contributed by atoms with Crippen molar-refractivity contribution in [2.45, 2.75) is 25.2 Å². The van der Waals surface area contributed by atoms with Crippen molar-refractivity contribution in [1.82, 2.24) is 0 Å². The van der Waals surface area contributed by atoms with Crippen LogP contribution in [0, 0.1) is 6.92 Å². The van der Waals surface area contributed by atoms with E-state index in [-0.39, 0.29) is 0 Å². The molecular formula is C13H16ClO3PS2. The summed E-state index contributed by atoms with van der Waals surface area (Å²) >= 11 is 12.9. The Balaban J connectivity index is 2.78. The number of benzene rings is 1. The summed E-state index contributed by atoms with van der Waals surface area (Å²) in [7, 11) is 1.31. The Morgan fingerprint density at radius 2 is 2.05 bits per heavy atom. The fourth-order valence-corrected chi connectivity index (χ4v) is 5.84. The van der Waals surface area contributed by atoms with Gasteiger partial charge in [-0.1, -0.05) is 24.6 Å². The number of carbonyl (C=O) groups is 1. The maximum Gasteiger partial charge on any atom is 0.333 e. The van der Waals surface area contributed by atoms with Gasteiger partial charge >= 0.3 is 5.97 Å². The highest BCUT2D eigenvalue weighted by Gasteiger charge is 2.19. The fraction of sp³-hybridized carbons (Fsp3) is 0.308. The van der Waals surface area contributed by atoms with Crippen LogP contribution < -0.4 is 0 Å². The highest BCUT2D eigenvalue weighted by atomic mass is 35.7. The van der Waals surface area contributed by atoms with Crippen LogP contribution in [-0.2, 0) is 25.9 Å². The van der Waals surface area contributed by atoms with Crippen LogP contribution in [0.4, 0.5) is 0 Å². The molecule has 1 aromatic rings. The van der Waals surface area contributed by atoms with Gasteiger partial charge in [0.1, 0.15) is 5.76 Å². The molecule has 0 aliphatic carbocycles. The summed E-state index contributed by atoms with van der Waals surface area (Å²) in [5, 5.41) is 0. The molecule has 0 fully saturated rings. The smallest absolute Gasteiger partial charge is 0.333 e. The molecule has 0 radical (unpaired) electrons. The van der Waals surface area contributed by atoms with Gasteiger partial charge in [-0.15, -0.1) is 0 Å². The van der Waals surface area contributed by atoms with Crippen molar-refractivity contribution >= 4 is 45.2 Å². The average molecular weight is 351 g/mol. The first-order chi connectivity index (χ1) is 9.36. The maximum absolute atomic E-state index is 11.2. The molecule has 0 N–H and O–H groups in total. The second kappa shape index (κ2) is 8.08. The number of ether oxygens (including phenoxy) is 1. The molecule has 0 aliphatic heterocycles. The van der Waals surface area contributed by atoms with Crippen LogP contribution in [0.25, 0.3) is 0 Å². The molecule has 3 nitrogen and oxygen atoms in total. The first-order valence-electron chi connectivity index (χ1n) is 5.90. The highest BCUT2D eigenvalue weighted by molar-refractivity contribution is 8.76. The van der Waals surface area contributed by atoms with Gasteiger partial charge in [0.15, 0.2) is 0 Å². The molecule has 0 aliphatic rings. The molecule has 1 atom stereocenters. The minimum atomic E-state index is -2.62. The second-order valence-electron chi connectivity index (χ2n) is 3.91. The highest BCUT2D eigenvalue weighted by Crippen LogP contribution is 2.68. The summed E-state index contributed by atoms with van der Waals surface area (Å²) in [6.07, 6.45) is 1.80. The minimum Gasteiger partial charge on any atom is -0.466 e. The first-order valence-corrected chi connectivity index (χ1v) is 10.9. The zero-order valence-electron chi connectivity index (χ0n) is 11.5. The number of aryl methyl sites for hydroxylation is 1. The normalized spacial score (nSPS) is 14.5. The van der Waals surface area contributed by atoms with E-state index in [0.717, 1.165) is 10.5 Å². The number of carbonyl (C=O) groups excluding carboxylic acids is 1. The number of methoxy groups -OCH3 is 1. The Kier molecular flexibility index (Phi) is 7.10. The van der Waals surface area contributed by atoms with Crippen LogP contribution in [0.5, 0.6) is 0 Å². The van der Waals surface area contributed by atoms with Crippen LogP contribution in [-0.4, -0.2) is 13.1 Å². The van der Waals surface area contributed by atoms with E-state index in [4.69, 9.17) is 27.6 Å². The van der Waals surface area contributed by atoms with E-state index in [1.165, 1.54) is 24.6 Å². The van der Waals surface area contributed by atoms with Gasteiger partial charge in [-0.05, 0) is 53.5 Å². The van der Waals surface area contributed by atoms with E-state index >= 15 is 0 Å². The van der Waals surface area contributed by atoms with Gasteiger partial charge in [-0.25, -0.2) is 4.79 Å². The van der Waals surface area contributed by atoms with Crippen molar-refractivity contribution in [3.63, 3.8) is 0 Å². The van der Waals surface area contributed by atoms with Crippen LogP contribution in [0.15, 0.2) is 41.0 Å². The zero-order valence-corrected chi connectivity index (χ0v) is 14.7. The molecule has 0 amide bonds. The summed E-state index contributed by atoms with van der Waals surface area (Å²) < 4.78 is 10.2. The molecule has 7 heteroatoms. The summed E-state index contributed by atoms with van der Waals surface area (Å²) in [5.41, 5.74) is 1.16. The lowest BCUT2D eigenvalue weighted by Crippen LogP contribution is -1.97. The standard InChI is InChI=1S/C13H16ClO3PS2/c1-4-11(9-13(15)16-3)17-18(14,19)20-12-7-5-10(2)6-8-12/h5-9H,4H2,1-3H3. The molecular weight excluding hydrogens is 335 g/mol. The largest absolute Gasteiger partial charge is 0.466 e. The average Bonchev–Trinajstić information content (AvgIpc) is 2.39. The Morgan fingerprint density at radius 3 is 2.55 bits per heavy atom. The lowest BCUT2D eigenvalue weighted by molar-refractivity contribution is -0.135. The monoisotopic (exact) mass is 350 g/mol. The summed E-state index contributed by atoms with van der Waals surface area (Å²) in [6.45, 7) is 3.87. The van der Waals surface area contributed by atoms with E-state index in [0.29, 0.717) is 12.2 Å². The third kappa shape index (κ3) is 6.31. The minimum absolute atomic E-state index is 0.440. The predicted octanol–water partition coefficient (Wildman–Crippen LogP) is 5.03. The number of halogens is 1. The molecule has 0 spiro atoms. The summed E-state index contributed by atoms with van der Waals surface area (Å²) in [4.78, 5) is 9.54. The Labute approximate surface area is 133 Å². The molecule has 1 rings (SSSR count). The van der Waals surface area contributed by atoms with Crippen LogP contribution >= 0.6 is 27.4 Å². The molecule has 20 heavy (non-hydrogen) atoms. The van der Waals surface area contributed by atoms with Crippen molar-refractivity contribution in [3.8, 4) is 0 Å². The van der Waals surface area contributed by atoms with Gasteiger partial charge in [0.2, 0.25) is 0 Å². The quantitative estimate of drug-likeness (QED) is 0.311. The number of allylic oxidation sites excluding steroid dienone is 1. The molecule has 0 bridgehead atoms. The van der Waals surface area contributed by atoms with E-state index in [2.05, 4.69) is 4.74 Å². The first kappa shape index (κ1) is 17.6. The Hall–Kier alpha value is -0.480. The molecule has 0 saturated carbocycles. The van der Waals surface area contributed by atoms with Crippen LogP contribution in [0.1, 0.15) is 18.9 Å². The Morgan fingerprint density at radius 1 is 1.45 bits per heavy atom. The number of hydrogen-bond donors (Lipinski definition) is 0. The van der Waals surface area contributed by atoms with Gasteiger partial charge in [0.25, 0.3) is 4.82 Å². The summed E-state index contributed by atoms with van der Waals surface area (Å²) in [6, 6.07) is 7.87. The lowest BCUT2D eigenvalue weighted by Gasteiger charge is -2.17. The molecule has 0 heterocycles. The third-order valence-electron chi connectivity index (χ3n) is 2.29. The van der Waals surface area contributed by atoms with Crippen molar-refractivity contribution in [2.24, 2.45) is 0 Å². The van der Waals surface area contributed by atoms with Crippen molar-refractivity contribution in [1.29, 1.82) is 0 Å². The van der Waals surface area contributed by atoms with E-state index < -0.39 is 10.8 Å². The SMILES string of the molecule is CCC(=CC(=O)OC)OP(=S)(Cl)Sc1ccc(C)cc1. The third-order valence-corrected chi connectivity index (χ3v) is 6.68. The number of hydrogen-bond acceptors (Lipinski definition) is 5. The molecule has 1 unspecified atom stereocenters. The number of rotatable bonds is 6. The van der Waals surface area contributed by atoms with Gasteiger partial charge < -0.3 is 9.26 Å². The van der Waals surface area contributed by atoms with Crippen molar-refractivity contribution < 1.29 is 14.1 Å². The van der Waals surface area contributed by atoms with Gasteiger partial charge in [0, 0.05) is 11.3 Å². The molecule has 1 aromatic carbocycles. The van der Waals surface area contributed by atoms with E-state index in [1.807, 2.05) is 38.1 Å². The fourth-order valence-electron chi connectivity index (χ4n) is 1.27. The van der Waals surface area contributed by atoms with E-state index in [1.54, 1.807) is 0 Å².